The molecule has 2 nitrogen and oxygen atoms in total. The summed E-state index contributed by atoms with van der Waals surface area (Å²) in [4.78, 5) is 0. The van der Waals surface area contributed by atoms with Gasteiger partial charge in [-0.05, 0) is 34.1 Å². The van der Waals surface area contributed by atoms with Crippen LogP contribution in [0.4, 0.5) is 0 Å². The third kappa shape index (κ3) is 1.24. The largest absolute Gasteiger partial charge is 0.349 e. The molecule has 0 bridgehead atoms. The summed E-state index contributed by atoms with van der Waals surface area (Å²) in [6, 6.07) is 7.80. The number of aryl methyl sites for hydroxylation is 1. The minimum atomic E-state index is 0.694. The molecule has 0 amide bonds. The van der Waals surface area contributed by atoms with Gasteiger partial charge in [-0.2, -0.15) is 5.26 Å². The van der Waals surface area contributed by atoms with Gasteiger partial charge in [-0.3, -0.25) is 0 Å². The Labute approximate surface area is 84.5 Å². The summed E-state index contributed by atoms with van der Waals surface area (Å²) in [5, 5.41) is 9.81. The number of nitrogens with zero attached hydrogens (tertiary/aromatic N) is 2. The molecular weight excluding hydrogens is 228 g/mol. The van der Waals surface area contributed by atoms with E-state index in [9.17, 15) is 0 Å². The van der Waals surface area contributed by atoms with Gasteiger partial charge >= 0.3 is 0 Å². The van der Waals surface area contributed by atoms with Gasteiger partial charge in [-0.1, -0.05) is 0 Å². The van der Waals surface area contributed by atoms with E-state index in [2.05, 4.69) is 22.0 Å². The van der Waals surface area contributed by atoms with E-state index >= 15 is 0 Å². The maximum absolute atomic E-state index is 8.72. The van der Waals surface area contributed by atoms with Crippen molar-refractivity contribution in [2.45, 2.75) is 0 Å². The van der Waals surface area contributed by atoms with E-state index in [1.165, 1.54) is 0 Å². The number of hydrogen-bond acceptors (Lipinski definition) is 1. The normalized spacial score (nSPS) is 10.2. The fourth-order valence-corrected chi connectivity index (χ4v) is 2.04. The van der Waals surface area contributed by atoms with Crippen molar-refractivity contribution in [3.8, 4) is 6.07 Å². The summed E-state index contributed by atoms with van der Waals surface area (Å²) in [6.07, 6.45) is 1.99. The van der Waals surface area contributed by atoms with Crippen LogP contribution in [0.2, 0.25) is 0 Å². The lowest BCUT2D eigenvalue weighted by Gasteiger charge is -1.94. The van der Waals surface area contributed by atoms with Crippen LogP contribution in [0.5, 0.6) is 0 Å². The van der Waals surface area contributed by atoms with Gasteiger partial charge in [0.2, 0.25) is 0 Å². The molecule has 0 aliphatic heterocycles. The molecule has 0 saturated carbocycles. The van der Waals surface area contributed by atoms with Crippen LogP contribution in [0.15, 0.2) is 28.9 Å². The third-order valence-corrected chi connectivity index (χ3v) is 2.70. The van der Waals surface area contributed by atoms with Gasteiger partial charge in [0.05, 0.1) is 11.6 Å². The summed E-state index contributed by atoms with van der Waals surface area (Å²) in [5.74, 6) is 0. The fraction of sp³-hybridized carbons (Fsp3) is 0.100. The van der Waals surface area contributed by atoms with Crippen LogP contribution in [0.1, 0.15) is 5.56 Å². The van der Waals surface area contributed by atoms with E-state index in [1.807, 2.05) is 36.0 Å². The van der Waals surface area contributed by atoms with Crippen molar-refractivity contribution in [3.63, 3.8) is 0 Å². The van der Waals surface area contributed by atoms with E-state index in [0.29, 0.717) is 5.56 Å². The average molecular weight is 235 g/mol. The van der Waals surface area contributed by atoms with Crippen molar-refractivity contribution >= 4 is 26.8 Å². The number of aromatic nitrogens is 1. The lowest BCUT2D eigenvalue weighted by Crippen LogP contribution is -1.83. The molecule has 0 N–H and O–H groups in total. The zero-order valence-electron chi connectivity index (χ0n) is 7.08. The van der Waals surface area contributed by atoms with Gasteiger partial charge < -0.3 is 4.57 Å². The Morgan fingerprint density at radius 3 is 2.92 bits per heavy atom. The van der Waals surface area contributed by atoms with Crippen LogP contribution >= 0.6 is 15.9 Å². The topological polar surface area (TPSA) is 28.7 Å². The quantitative estimate of drug-likeness (QED) is 0.690. The summed E-state index contributed by atoms with van der Waals surface area (Å²) in [6.45, 7) is 0. The second kappa shape index (κ2) is 2.90. The van der Waals surface area contributed by atoms with Crippen molar-refractivity contribution in [1.82, 2.24) is 4.57 Å². The first-order valence-electron chi connectivity index (χ1n) is 3.87. The highest BCUT2D eigenvalue weighted by molar-refractivity contribution is 9.10. The maximum atomic E-state index is 8.72. The first-order chi connectivity index (χ1) is 6.22. The molecular formula is C10H7BrN2. The highest BCUT2D eigenvalue weighted by atomic mass is 79.9. The molecule has 0 unspecified atom stereocenters. The number of benzene rings is 1. The Bertz CT molecular complexity index is 505. The standard InChI is InChI=1S/C10H7BrN2/c1-13-6-9(11)8-4-7(5-12)2-3-10(8)13/h2-4,6H,1H3. The molecule has 13 heavy (non-hydrogen) atoms. The number of halogens is 1. The molecule has 0 fully saturated rings. The Kier molecular flexibility index (Phi) is 1.86. The Morgan fingerprint density at radius 2 is 2.23 bits per heavy atom. The predicted octanol–water partition coefficient (Wildman–Crippen LogP) is 2.81. The Hall–Kier alpha value is -1.27. The van der Waals surface area contributed by atoms with Gasteiger partial charge in [0, 0.05) is 28.6 Å². The molecule has 0 aliphatic carbocycles. The second-order valence-electron chi connectivity index (χ2n) is 2.93. The minimum Gasteiger partial charge on any atom is -0.349 e. The maximum Gasteiger partial charge on any atom is 0.0991 e. The van der Waals surface area contributed by atoms with Crippen LogP contribution in [0.3, 0.4) is 0 Å². The van der Waals surface area contributed by atoms with Crippen molar-refractivity contribution < 1.29 is 0 Å². The molecule has 2 aromatic rings. The highest BCUT2D eigenvalue weighted by Crippen LogP contribution is 2.26. The van der Waals surface area contributed by atoms with Crippen molar-refractivity contribution in [2.24, 2.45) is 7.05 Å². The molecule has 0 radical (unpaired) electrons. The highest BCUT2D eigenvalue weighted by Gasteiger charge is 2.03. The minimum absolute atomic E-state index is 0.694. The van der Waals surface area contributed by atoms with E-state index in [-0.39, 0.29) is 0 Å². The first kappa shape index (κ1) is 8.33. The van der Waals surface area contributed by atoms with Crippen LogP contribution in [0.25, 0.3) is 10.9 Å². The van der Waals surface area contributed by atoms with Gasteiger partial charge in [0.1, 0.15) is 0 Å². The first-order valence-corrected chi connectivity index (χ1v) is 4.66. The summed E-state index contributed by atoms with van der Waals surface area (Å²) in [7, 11) is 1.99. The lowest BCUT2D eigenvalue weighted by molar-refractivity contribution is 0.966. The molecule has 1 aromatic carbocycles. The summed E-state index contributed by atoms with van der Waals surface area (Å²) >= 11 is 3.45. The molecule has 2 rings (SSSR count). The van der Waals surface area contributed by atoms with E-state index in [1.54, 1.807) is 0 Å². The molecule has 0 aliphatic rings. The van der Waals surface area contributed by atoms with Crippen molar-refractivity contribution in [2.75, 3.05) is 0 Å². The summed E-state index contributed by atoms with van der Waals surface area (Å²) in [5.41, 5.74) is 1.82. The Balaban J connectivity index is 2.86. The molecule has 0 spiro atoms. The van der Waals surface area contributed by atoms with Crippen molar-refractivity contribution in [3.05, 3.63) is 34.4 Å². The van der Waals surface area contributed by atoms with E-state index in [4.69, 9.17) is 5.26 Å². The zero-order valence-corrected chi connectivity index (χ0v) is 8.67. The van der Waals surface area contributed by atoms with Gasteiger partial charge in [0.15, 0.2) is 0 Å². The molecule has 0 atom stereocenters. The number of nitriles is 1. The number of fused-ring (bicyclic) bond motifs is 1. The van der Waals surface area contributed by atoms with Crippen LogP contribution in [-0.4, -0.2) is 4.57 Å². The lowest BCUT2D eigenvalue weighted by atomic mass is 10.2. The zero-order chi connectivity index (χ0) is 9.42. The molecule has 0 saturated heterocycles. The van der Waals surface area contributed by atoms with Crippen LogP contribution < -0.4 is 0 Å². The number of rotatable bonds is 0. The summed E-state index contributed by atoms with van der Waals surface area (Å²) < 4.78 is 3.06. The van der Waals surface area contributed by atoms with E-state index in [0.717, 1.165) is 15.4 Å². The molecule has 64 valence electrons. The Morgan fingerprint density at radius 1 is 1.46 bits per heavy atom. The van der Waals surface area contributed by atoms with Gasteiger partial charge in [-0.15, -0.1) is 0 Å². The number of hydrogen-bond donors (Lipinski definition) is 0. The average Bonchev–Trinajstić information content (AvgIpc) is 2.42. The third-order valence-electron chi connectivity index (χ3n) is 2.07. The van der Waals surface area contributed by atoms with Crippen molar-refractivity contribution in [1.29, 1.82) is 5.26 Å². The fourth-order valence-electron chi connectivity index (χ4n) is 1.41. The van der Waals surface area contributed by atoms with Crippen LogP contribution in [0, 0.1) is 11.3 Å². The molecule has 3 heteroatoms. The van der Waals surface area contributed by atoms with Gasteiger partial charge in [0.25, 0.3) is 0 Å². The van der Waals surface area contributed by atoms with Gasteiger partial charge in [-0.25, -0.2) is 0 Å². The second-order valence-corrected chi connectivity index (χ2v) is 3.79. The monoisotopic (exact) mass is 234 g/mol. The molecule has 1 aromatic heterocycles. The van der Waals surface area contributed by atoms with Crippen LogP contribution in [-0.2, 0) is 7.05 Å². The smallest absolute Gasteiger partial charge is 0.0991 e. The molecule has 1 heterocycles. The van der Waals surface area contributed by atoms with E-state index < -0.39 is 0 Å². The SMILES string of the molecule is Cn1cc(Br)c2cc(C#N)ccc21. The predicted molar refractivity (Wildman–Crippen MR) is 55.3 cm³/mol.